The van der Waals surface area contributed by atoms with Gasteiger partial charge in [0.25, 0.3) is 0 Å². The van der Waals surface area contributed by atoms with E-state index < -0.39 is 0 Å². The Labute approximate surface area is 94.7 Å². The number of para-hydroxylation sites is 1. The monoisotopic (exact) mass is 261 g/mol. The summed E-state index contributed by atoms with van der Waals surface area (Å²) in [5.41, 5.74) is 1.83. The zero-order valence-electron chi connectivity index (χ0n) is 7.79. The second-order valence-corrected chi connectivity index (χ2v) is 4.43. The smallest absolute Gasteiger partial charge is 0.139 e. The molecule has 0 unspecified atom stereocenters. The van der Waals surface area contributed by atoms with Gasteiger partial charge in [-0.2, -0.15) is 0 Å². The van der Waals surface area contributed by atoms with E-state index in [9.17, 15) is 5.11 Å². The standard InChI is InChI=1S/C12H8BrNO/c13-7-4-5-8-9-2-1-3-11(15)12(9)14-10(8)6-7/h1-6,14-15H. The first kappa shape index (κ1) is 8.80. The lowest BCUT2D eigenvalue weighted by Gasteiger charge is -1.93. The van der Waals surface area contributed by atoms with E-state index in [4.69, 9.17) is 0 Å². The Bertz CT molecular complexity index is 657. The van der Waals surface area contributed by atoms with E-state index in [1.807, 2.05) is 30.3 Å². The molecule has 2 nitrogen and oxygen atoms in total. The Kier molecular flexibility index (Phi) is 1.76. The summed E-state index contributed by atoms with van der Waals surface area (Å²) in [5, 5.41) is 11.9. The first-order valence-electron chi connectivity index (χ1n) is 4.64. The summed E-state index contributed by atoms with van der Waals surface area (Å²) < 4.78 is 1.03. The third-order valence-corrected chi connectivity index (χ3v) is 3.07. The van der Waals surface area contributed by atoms with Crippen LogP contribution in [0, 0.1) is 0 Å². The van der Waals surface area contributed by atoms with E-state index in [0.29, 0.717) is 5.75 Å². The van der Waals surface area contributed by atoms with Gasteiger partial charge in [0.2, 0.25) is 0 Å². The van der Waals surface area contributed by atoms with Crippen LogP contribution in [0.2, 0.25) is 0 Å². The van der Waals surface area contributed by atoms with E-state index in [2.05, 4.69) is 20.9 Å². The average Bonchev–Trinajstić information content (AvgIpc) is 2.57. The molecule has 74 valence electrons. The van der Waals surface area contributed by atoms with Crippen LogP contribution < -0.4 is 0 Å². The number of halogens is 1. The molecule has 0 fully saturated rings. The molecule has 0 amide bonds. The lowest BCUT2D eigenvalue weighted by Crippen LogP contribution is -1.68. The first-order chi connectivity index (χ1) is 7.25. The third kappa shape index (κ3) is 1.23. The molecule has 15 heavy (non-hydrogen) atoms. The molecule has 0 aliphatic rings. The molecule has 3 heteroatoms. The maximum Gasteiger partial charge on any atom is 0.139 e. The Morgan fingerprint density at radius 3 is 2.80 bits per heavy atom. The molecule has 0 aliphatic heterocycles. The van der Waals surface area contributed by atoms with Crippen molar-refractivity contribution in [2.45, 2.75) is 0 Å². The molecule has 2 aromatic carbocycles. The first-order valence-corrected chi connectivity index (χ1v) is 5.44. The maximum absolute atomic E-state index is 9.70. The van der Waals surface area contributed by atoms with Gasteiger partial charge in [-0.3, -0.25) is 0 Å². The molecule has 1 heterocycles. The number of benzene rings is 2. The fourth-order valence-corrected chi connectivity index (χ4v) is 2.25. The second-order valence-electron chi connectivity index (χ2n) is 3.51. The summed E-state index contributed by atoms with van der Waals surface area (Å²) in [4.78, 5) is 3.21. The van der Waals surface area contributed by atoms with Crippen LogP contribution in [0.5, 0.6) is 5.75 Å². The van der Waals surface area contributed by atoms with Gasteiger partial charge < -0.3 is 10.1 Å². The van der Waals surface area contributed by atoms with Crippen molar-refractivity contribution in [2.24, 2.45) is 0 Å². The number of fused-ring (bicyclic) bond motifs is 3. The normalized spacial score (nSPS) is 11.3. The zero-order valence-corrected chi connectivity index (χ0v) is 9.38. The molecule has 0 atom stereocenters. The van der Waals surface area contributed by atoms with Crippen molar-refractivity contribution in [3.63, 3.8) is 0 Å². The van der Waals surface area contributed by atoms with Crippen LogP contribution in [0.3, 0.4) is 0 Å². The van der Waals surface area contributed by atoms with Crippen LogP contribution in [0.4, 0.5) is 0 Å². The van der Waals surface area contributed by atoms with Crippen molar-refractivity contribution in [2.75, 3.05) is 0 Å². The molecule has 0 radical (unpaired) electrons. The fourth-order valence-electron chi connectivity index (χ4n) is 1.89. The van der Waals surface area contributed by atoms with Gasteiger partial charge in [0.05, 0.1) is 5.52 Å². The number of hydrogen-bond acceptors (Lipinski definition) is 1. The van der Waals surface area contributed by atoms with Gasteiger partial charge >= 0.3 is 0 Å². The van der Waals surface area contributed by atoms with E-state index in [1.165, 1.54) is 0 Å². The lowest BCUT2D eigenvalue weighted by molar-refractivity contribution is 0.480. The highest BCUT2D eigenvalue weighted by Gasteiger charge is 2.06. The Morgan fingerprint density at radius 1 is 1.07 bits per heavy atom. The fraction of sp³-hybridized carbons (Fsp3) is 0. The van der Waals surface area contributed by atoms with Gasteiger partial charge in [-0.05, 0) is 18.2 Å². The third-order valence-electron chi connectivity index (χ3n) is 2.57. The molecular formula is C12H8BrNO. The summed E-state index contributed by atoms with van der Waals surface area (Å²) in [6.45, 7) is 0. The Morgan fingerprint density at radius 2 is 1.93 bits per heavy atom. The van der Waals surface area contributed by atoms with Crippen molar-refractivity contribution in [1.29, 1.82) is 0 Å². The van der Waals surface area contributed by atoms with Gasteiger partial charge in [-0.25, -0.2) is 0 Å². The minimum atomic E-state index is 0.292. The lowest BCUT2D eigenvalue weighted by atomic mass is 10.1. The molecule has 0 aliphatic carbocycles. The summed E-state index contributed by atoms with van der Waals surface area (Å²) in [6.07, 6.45) is 0. The number of nitrogens with one attached hydrogen (secondary N) is 1. The number of aromatic hydroxyl groups is 1. The number of phenolic OH excluding ortho intramolecular Hbond substituents is 1. The van der Waals surface area contributed by atoms with Crippen molar-refractivity contribution < 1.29 is 5.11 Å². The average molecular weight is 262 g/mol. The Hall–Kier alpha value is -1.48. The minimum Gasteiger partial charge on any atom is -0.506 e. The summed E-state index contributed by atoms with van der Waals surface area (Å²) >= 11 is 3.43. The van der Waals surface area contributed by atoms with E-state index in [0.717, 1.165) is 26.3 Å². The van der Waals surface area contributed by atoms with Gasteiger partial charge in [0.15, 0.2) is 0 Å². The number of rotatable bonds is 0. The second kappa shape index (κ2) is 3.00. The number of hydrogen-bond donors (Lipinski definition) is 2. The summed E-state index contributed by atoms with van der Waals surface area (Å²) in [5.74, 6) is 0.292. The van der Waals surface area contributed by atoms with Crippen LogP contribution in [0.25, 0.3) is 21.8 Å². The van der Waals surface area contributed by atoms with Crippen LogP contribution in [0.1, 0.15) is 0 Å². The van der Waals surface area contributed by atoms with Crippen molar-refractivity contribution >= 4 is 37.7 Å². The van der Waals surface area contributed by atoms with Crippen molar-refractivity contribution in [1.82, 2.24) is 4.98 Å². The Balaban J connectivity index is 2.57. The zero-order chi connectivity index (χ0) is 10.4. The van der Waals surface area contributed by atoms with Gasteiger partial charge in [0, 0.05) is 20.8 Å². The van der Waals surface area contributed by atoms with Crippen molar-refractivity contribution in [3.8, 4) is 5.75 Å². The van der Waals surface area contributed by atoms with Gasteiger partial charge in [0.1, 0.15) is 5.75 Å². The molecule has 0 saturated heterocycles. The maximum atomic E-state index is 9.70. The number of H-pyrrole nitrogens is 1. The molecule has 0 bridgehead atoms. The molecular weight excluding hydrogens is 254 g/mol. The predicted octanol–water partition coefficient (Wildman–Crippen LogP) is 3.79. The van der Waals surface area contributed by atoms with E-state index in [-0.39, 0.29) is 0 Å². The highest BCUT2D eigenvalue weighted by molar-refractivity contribution is 9.10. The number of phenols is 1. The summed E-state index contributed by atoms with van der Waals surface area (Å²) in [7, 11) is 0. The van der Waals surface area contributed by atoms with Crippen molar-refractivity contribution in [3.05, 3.63) is 40.9 Å². The molecule has 2 N–H and O–H groups in total. The topological polar surface area (TPSA) is 36.0 Å². The predicted molar refractivity (Wildman–Crippen MR) is 65.2 cm³/mol. The van der Waals surface area contributed by atoms with Crippen LogP contribution in [-0.2, 0) is 0 Å². The summed E-state index contributed by atoms with van der Waals surface area (Å²) in [6, 6.07) is 11.6. The number of aromatic nitrogens is 1. The van der Waals surface area contributed by atoms with Crippen LogP contribution >= 0.6 is 15.9 Å². The van der Waals surface area contributed by atoms with E-state index >= 15 is 0 Å². The highest BCUT2D eigenvalue weighted by Crippen LogP contribution is 2.31. The molecule has 0 spiro atoms. The van der Waals surface area contributed by atoms with Crippen LogP contribution in [0.15, 0.2) is 40.9 Å². The minimum absolute atomic E-state index is 0.292. The highest BCUT2D eigenvalue weighted by atomic mass is 79.9. The molecule has 0 saturated carbocycles. The molecule has 3 rings (SSSR count). The largest absolute Gasteiger partial charge is 0.506 e. The van der Waals surface area contributed by atoms with Crippen LogP contribution in [-0.4, -0.2) is 10.1 Å². The SMILES string of the molecule is Oc1cccc2c1[nH]c1cc(Br)ccc12. The molecule has 3 aromatic rings. The van der Waals surface area contributed by atoms with Gasteiger partial charge in [-0.15, -0.1) is 0 Å². The van der Waals surface area contributed by atoms with E-state index in [1.54, 1.807) is 6.07 Å². The quantitative estimate of drug-likeness (QED) is 0.635. The molecule has 1 aromatic heterocycles. The van der Waals surface area contributed by atoms with Gasteiger partial charge in [-0.1, -0.05) is 34.1 Å². The number of aromatic amines is 1.